The Morgan fingerprint density at radius 1 is 1.21 bits per heavy atom. The summed E-state index contributed by atoms with van der Waals surface area (Å²) in [5.41, 5.74) is 0.665. The monoisotopic (exact) mass is 413 g/mol. The largest absolute Gasteiger partial charge is 0.481 e. The number of carbonyl (C=O) groups excluding carboxylic acids is 2. The number of nitrogens with zero attached hydrogens (tertiary/aromatic N) is 2. The van der Waals surface area contributed by atoms with Crippen LogP contribution in [0.2, 0.25) is 0 Å². The lowest BCUT2D eigenvalue weighted by molar-refractivity contribution is -0.127. The summed E-state index contributed by atoms with van der Waals surface area (Å²) < 4.78 is 5.66. The molecule has 6 nitrogen and oxygen atoms in total. The van der Waals surface area contributed by atoms with Gasteiger partial charge in [-0.3, -0.25) is 9.59 Å². The first-order valence-corrected chi connectivity index (χ1v) is 11.1. The van der Waals surface area contributed by atoms with E-state index in [1.54, 1.807) is 19.2 Å². The van der Waals surface area contributed by atoms with Crippen LogP contribution < -0.4 is 10.1 Å². The smallest absolute Gasteiger partial charge is 0.260 e. The van der Waals surface area contributed by atoms with E-state index in [1.807, 2.05) is 47.6 Å². The highest BCUT2D eigenvalue weighted by Gasteiger charge is 2.26. The van der Waals surface area contributed by atoms with E-state index in [0.29, 0.717) is 36.9 Å². The van der Waals surface area contributed by atoms with Gasteiger partial charge in [0.15, 0.2) is 6.10 Å². The van der Waals surface area contributed by atoms with Gasteiger partial charge in [0.05, 0.1) is 5.56 Å². The van der Waals surface area contributed by atoms with E-state index < -0.39 is 6.10 Å². The molecule has 29 heavy (non-hydrogen) atoms. The van der Waals surface area contributed by atoms with E-state index in [0.717, 1.165) is 17.9 Å². The zero-order valence-corrected chi connectivity index (χ0v) is 17.7. The van der Waals surface area contributed by atoms with Crippen LogP contribution in [0.15, 0.2) is 53.7 Å². The number of amides is 2. The molecule has 0 spiro atoms. The molecule has 2 aromatic rings. The van der Waals surface area contributed by atoms with Crippen molar-refractivity contribution in [3.8, 4) is 5.75 Å². The summed E-state index contributed by atoms with van der Waals surface area (Å²) in [6, 6.07) is 13.0. The first-order chi connectivity index (χ1) is 14.1. The van der Waals surface area contributed by atoms with Gasteiger partial charge in [-0.05, 0) is 56.2 Å². The number of nitrogens with one attached hydrogen (secondary N) is 1. The second kappa shape index (κ2) is 10.3. The molecule has 1 N–H and O–H groups in total. The van der Waals surface area contributed by atoms with Gasteiger partial charge in [0.2, 0.25) is 0 Å². The van der Waals surface area contributed by atoms with Gasteiger partial charge in [-0.15, -0.1) is 11.8 Å². The molecule has 1 aromatic carbocycles. The van der Waals surface area contributed by atoms with Crippen LogP contribution in [0.5, 0.6) is 5.75 Å². The minimum Gasteiger partial charge on any atom is -0.481 e. The average molecular weight is 414 g/mol. The molecule has 0 bridgehead atoms. The van der Waals surface area contributed by atoms with Gasteiger partial charge >= 0.3 is 0 Å². The van der Waals surface area contributed by atoms with Crippen LogP contribution in [0.1, 0.15) is 30.1 Å². The molecular weight excluding hydrogens is 386 g/mol. The number of hydrogen-bond acceptors (Lipinski definition) is 5. The maximum Gasteiger partial charge on any atom is 0.260 e. The number of benzene rings is 1. The maximum atomic E-state index is 12.8. The van der Waals surface area contributed by atoms with Crippen molar-refractivity contribution in [1.82, 2.24) is 15.2 Å². The SMILES string of the molecule is CSc1ncccc1C(=O)N1CCC(CNC(=O)C(C)Oc2ccccc2)CC1. The highest BCUT2D eigenvalue weighted by molar-refractivity contribution is 7.98. The number of thioether (sulfide) groups is 1. The van der Waals surface area contributed by atoms with Crippen molar-refractivity contribution in [3.63, 3.8) is 0 Å². The Hall–Kier alpha value is -2.54. The van der Waals surface area contributed by atoms with Gasteiger partial charge in [-0.1, -0.05) is 18.2 Å². The van der Waals surface area contributed by atoms with E-state index in [9.17, 15) is 9.59 Å². The Morgan fingerprint density at radius 2 is 1.93 bits per heavy atom. The Bertz CT molecular complexity index is 823. The minimum absolute atomic E-state index is 0.0369. The fraction of sp³-hybridized carbons (Fsp3) is 0.409. The number of likely N-dealkylation sites (tertiary alicyclic amines) is 1. The summed E-state index contributed by atoms with van der Waals surface area (Å²) in [5.74, 6) is 0.963. The summed E-state index contributed by atoms with van der Waals surface area (Å²) in [7, 11) is 0. The molecule has 1 saturated heterocycles. The zero-order chi connectivity index (χ0) is 20.6. The molecule has 3 rings (SSSR count). The van der Waals surface area contributed by atoms with Crippen molar-refractivity contribution in [2.24, 2.45) is 5.92 Å². The molecule has 0 aliphatic carbocycles. The maximum absolute atomic E-state index is 12.8. The Kier molecular flexibility index (Phi) is 7.52. The molecule has 1 fully saturated rings. The highest BCUT2D eigenvalue weighted by Crippen LogP contribution is 2.22. The third kappa shape index (κ3) is 5.73. The molecule has 1 aromatic heterocycles. The third-order valence-corrected chi connectivity index (χ3v) is 5.80. The van der Waals surface area contributed by atoms with Crippen molar-refractivity contribution in [2.45, 2.75) is 30.9 Å². The summed E-state index contributed by atoms with van der Waals surface area (Å²) in [4.78, 5) is 31.3. The molecular formula is C22H27N3O3S. The summed E-state index contributed by atoms with van der Waals surface area (Å²) >= 11 is 1.48. The number of carbonyl (C=O) groups is 2. The number of aromatic nitrogens is 1. The predicted molar refractivity (Wildman–Crippen MR) is 114 cm³/mol. The average Bonchev–Trinajstić information content (AvgIpc) is 2.78. The van der Waals surface area contributed by atoms with E-state index in [2.05, 4.69) is 10.3 Å². The summed E-state index contributed by atoms with van der Waals surface area (Å²) in [5, 5.41) is 3.75. The Morgan fingerprint density at radius 3 is 2.62 bits per heavy atom. The molecule has 154 valence electrons. The van der Waals surface area contributed by atoms with Gasteiger partial charge in [0.1, 0.15) is 10.8 Å². The molecule has 1 aliphatic heterocycles. The summed E-state index contributed by atoms with van der Waals surface area (Å²) in [6.45, 7) is 3.74. The normalized spacial score (nSPS) is 15.6. The van der Waals surface area contributed by atoms with Gasteiger partial charge < -0.3 is 15.0 Å². The quantitative estimate of drug-likeness (QED) is 0.706. The molecule has 7 heteroatoms. The fourth-order valence-electron chi connectivity index (χ4n) is 3.37. The number of ether oxygens (including phenoxy) is 1. The molecule has 1 unspecified atom stereocenters. The second-order valence-corrected chi connectivity index (χ2v) is 7.91. The predicted octanol–water partition coefficient (Wildman–Crippen LogP) is 3.24. The van der Waals surface area contributed by atoms with Crippen LogP contribution in [0, 0.1) is 5.92 Å². The minimum atomic E-state index is -0.547. The van der Waals surface area contributed by atoms with Crippen molar-refractivity contribution < 1.29 is 14.3 Å². The van der Waals surface area contributed by atoms with Crippen LogP contribution in [0.4, 0.5) is 0 Å². The number of piperidine rings is 1. The number of rotatable bonds is 7. The van der Waals surface area contributed by atoms with Crippen molar-refractivity contribution in [2.75, 3.05) is 25.9 Å². The van der Waals surface area contributed by atoms with Gasteiger partial charge in [0.25, 0.3) is 11.8 Å². The topological polar surface area (TPSA) is 71.5 Å². The first-order valence-electron chi connectivity index (χ1n) is 9.86. The van der Waals surface area contributed by atoms with E-state index >= 15 is 0 Å². The van der Waals surface area contributed by atoms with Crippen LogP contribution in [0.3, 0.4) is 0 Å². The lowest BCUT2D eigenvalue weighted by Crippen LogP contribution is -2.43. The number of hydrogen-bond donors (Lipinski definition) is 1. The molecule has 2 amide bonds. The third-order valence-electron chi connectivity index (χ3n) is 5.09. The second-order valence-electron chi connectivity index (χ2n) is 7.11. The first kappa shape index (κ1) is 21.2. The lowest BCUT2D eigenvalue weighted by Gasteiger charge is -2.32. The number of pyridine rings is 1. The van der Waals surface area contributed by atoms with Crippen LogP contribution in [-0.4, -0.2) is 53.7 Å². The Labute approximate surface area is 176 Å². The molecule has 2 heterocycles. The van der Waals surface area contributed by atoms with Crippen molar-refractivity contribution >= 4 is 23.6 Å². The highest BCUT2D eigenvalue weighted by atomic mass is 32.2. The molecule has 1 atom stereocenters. The zero-order valence-electron chi connectivity index (χ0n) is 16.8. The van der Waals surface area contributed by atoms with Crippen LogP contribution in [0.25, 0.3) is 0 Å². The van der Waals surface area contributed by atoms with Crippen molar-refractivity contribution in [3.05, 3.63) is 54.2 Å². The van der Waals surface area contributed by atoms with E-state index in [-0.39, 0.29) is 11.8 Å². The van der Waals surface area contributed by atoms with Crippen LogP contribution >= 0.6 is 11.8 Å². The van der Waals surface area contributed by atoms with Gasteiger partial charge in [-0.25, -0.2) is 4.98 Å². The fourth-order valence-corrected chi connectivity index (χ4v) is 3.91. The van der Waals surface area contributed by atoms with Gasteiger partial charge in [0, 0.05) is 25.8 Å². The Balaban J connectivity index is 1.44. The van der Waals surface area contributed by atoms with Crippen molar-refractivity contribution in [1.29, 1.82) is 0 Å². The molecule has 0 radical (unpaired) electrons. The molecule has 0 saturated carbocycles. The summed E-state index contributed by atoms with van der Waals surface area (Å²) in [6.07, 6.45) is 4.83. The van der Waals surface area contributed by atoms with E-state index in [4.69, 9.17) is 4.74 Å². The van der Waals surface area contributed by atoms with Crippen LogP contribution in [-0.2, 0) is 4.79 Å². The standard InChI is InChI=1S/C22H27N3O3S/c1-16(28-18-7-4-3-5-8-18)20(26)24-15-17-10-13-25(14-11-17)22(27)19-9-6-12-23-21(19)29-2/h3-9,12,16-17H,10-11,13-15H2,1-2H3,(H,24,26). The van der Waals surface area contributed by atoms with E-state index in [1.165, 1.54) is 11.8 Å². The van der Waals surface area contributed by atoms with Gasteiger partial charge in [-0.2, -0.15) is 0 Å². The lowest BCUT2D eigenvalue weighted by atomic mass is 9.96. The molecule has 1 aliphatic rings. The number of para-hydroxylation sites is 1.